The number of ketones is 1. The molecule has 0 radical (unpaired) electrons. The van der Waals surface area contributed by atoms with E-state index in [2.05, 4.69) is 58.7 Å². The van der Waals surface area contributed by atoms with E-state index in [9.17, 15) is 9.59 Å². The highest BCUT2D eigenvalue weighted by Crippen LogP contribution is 2.46. The van der Waals surface area contributed by atoms with Crippen LogP contribution in [-0.2, 0) is 14.3 Å². The van der Waals surface area contributed by atoms with Crippen molar-refractivity contribution < 1.29 is 14.3 Å². The van der Waals surface area contributed by atoms with Crippen molar-refractivity contribution in [2.75, 3.05) is 26.1 Å². The number of hydrogen-bond acceptors (Lipinski definition) is 5. The number of dihydropyridines is 1. The van der Waals surface area contributed by atoms with Crippen LogP contribution in [0.1, 0.15) is 42.7 Å². The molecule has 0 spiro atoms. The molecule has 1 N–H and O–H groups in total. The third-order valence-electron chi connectivity index (χ3n) is 7.46. The SMILES string of the molecule is COC(=O)C1=C(C)NC2=C(C(=O)CC(c3ccc(N(C)C)cc3)C2)C1c1ccc(-c2ccccc2)cc1. The molecule has 5 nitrogen and oxygen atoms in total. The molecule has 0 saturated heterocycles. The fraction of sp³-hybridized carbons (Fsp3) is 0.250. The molecule has 188 valence electrons. The molecule has 3 aromatic carbocycles. The van der Waals surface area contributed by atoms with Crippen molar-refractivity contribution in [3.8, 4) is 11.1 Å². The first-order valence-electron chi connectivity index (χ1n) is 12.6. The number of carbonyl (C=O) groups is 2. The smallest absolute Gasteiger partial charge is 0.336 e. The van der Waals surface area contributed by atoms with Crippen LogP contribution in [0.15, 0.2) is 101 Å². The van der Waals surface area contributed by atoms with Gasteiger partial charge in [0.05, 0.1) is 12.7 Å². The van der Waals surface area contributed by atoms with E-state index < -0.39 is 11.9 Å². The molecule has 1 aliphatic carbocycles. The number of carbonyl (C=O) groups excluding carboxylic acids is 2. The average Bonchev–Trinajstić information content (AvgIpc) is 2.92. The van der Waals surface area contributed by atoms with Crippen LogP contribution in [0.5, 0.6) is 0 Å². The van der Waals surface area contributed by atoms with Gasteiger partial charge in [0.2, 0.25) is 0 Å². The molecule has 2 unspecified atom stereocenters. The Hall–Kier alpha value is -4.12. The molecule has 37 heavy (non-hydrogen) atoms. The minimum absolute atomic E-state index is 0.0708. The van der Waals surface area contributed by atoms with Gasteiger partial charge in [-0.3, -0.25) is 4.79 Å². The number of nitrogens with zero attached hydrogens (tertiary/aromatic N) is 1. The number of hydrogen-bond donors (Lipinski definition) is 1. The highest BCUT2D eigenvalue weighted by atomic mass is 16.5. The lowest BCUT2D eigenvalue weighted by atomic mass is 9.71. The number of benzene rings is 3. The summed E-state index contributed by atoms with van der Waals surface area (Å²) in [6.07, 6.45) is 1.13. The first-order valence-corrected chi connectivity index (χ1v) is 12.6. The van der Waals surface area contributed by atoms with Crippen LogP contribution in [0.3, 0.4) is 0 Å². The van der Waals surface area contributed by atoms with Gasteiger partial charge in [-0.15, -0.1) is 0 Å². The maximum absolute atomic E-state index is 13.7. The van der Waals surface area contributed by atoms with E-state index in [1.54, 1.807) is 0 Å². The molecule has 1 heterocycles. The summed E-state index contributed by atoms with van der Waals surface area (Å²) in [7, 11) is 5.42. The van der Waals surface area contributed by atoms with Gasteiger partial charge in [-0.05, 0) is 53.6 Å². The van der Waals surface area contributed by atoms with Gasteiger partial charge in [-0.25, -0.2) is 4.79 Å². The van der Waals surface area contributed by atoms with Crippen LogP contribution in [0, 0.1) is 0 Å². The lowest BCUT2D eigenvalue weighted by Crippen LogP contribution is -2.36. The maximum atomic E-state index is 13.7. The van der Waals surface area contributed by atoms with Crippen molar-refractivity contribution in [1.29, 1.82) is 0 Å². The molecular weight excluding hydrogens is 460 g/mol. The molecule has 3 aromatic rings. The highest BCUT2D eigenvalue weighted by Gasteiger charge is 2.41. The zero-order chi connectivity index (χ0) is 26.1. The summed E-state index contributed by atoms with van der Waals surface area (Å²) < 4.78 is 5.17. The molecule has 5 rings (SSSR count). The Morgan fingerprint density at radius 1 is 0.865 bits per heavy atom. The number of ether oxygens (including phenoxy) is 1. The zero-order valence-electron chi connectivity index (χ0n) is 21.7. The standard InChI is InChI=1S/C32H32N2O3/c1-20-29(32(36)37-4)30(24-12-10-22(11-13-24)21-8-6-5-7-9-21)31-27(33-20)18-25(19-28(31)35)23-14-16-26(17-15-23)34(2)3/h5-17,25,30,33H,18-19H2,1-4H3. The lowest BCUT2D eigenvalue weighted by Gasteiger charge is -2.36. The minimum atomic E-state index is -0.460. The van der Waals surface area contributed by atoms with Crippen LogP contribution in [-0.4, -0.2) is 33.0 Å². The summed E-state index contributed by atoms with van der Waals surface area (Å²) in [5, 5.41) is 3.41. The van der Waals surface area contributed by atoms with Crippen molar-refractivity contribution in [1.82, 2.24) is 5.32 Å². The fourth-order valence-corrected chi connectivity index (χ4v) is 5.53. The number of esters is 1. The summed E-state index contributed by atoms with van der Waals surface area (Å²) in [6, 6.07) is 26.7. The number of anilines is 1. The molecule has 2 aliphatic rings. The van der Waals surface area contributed by atoms with Gasteiger partial charge in [0.15, 0.2) is 5.78 Å². The molecule has 0 amide bonds. The van der Waals surface area contributed by atoms with Gasteiger partial charge in [-0.2, -0.15) is 0 Å². The average molecular weight is 493 g/mol. The van der Waals surface area contributed by atoms with E-state index in [1.165, 1.54) is 7.11 Å². The van der Waals surface area contributed by atoms with E-state index in [0.29, 0.717) is 24.0 Å². The number of Topliss-reactive ketones (excluding diaryl/α,β-unsaturated/α-hetero) is 1. The molecule has 0 aromatic heterocycles. The Labute approximate surface area is 218 Å². The molecule has 0 bridgehead atoms. The van der Waals surface area contributed by atoms with Crippen molar-refractivity contribution >= 4 is 17.4 Å². The Morgan fingerprint density at radius 3 is 2.11 bits per heavy atom. The van der Waals surface area contributed by atoms with E-state index in [-0.39, 0.29) is 11.7 Å². The quantitative estimate of drug-likeness (QED) is 0.446. The molecule has 0 saturated carbocycles. The largest absolute Gasteiger partial charge is 0.466 e. The van der Waals surface area contributed by atoms with E-state index in [0.717, 1.165) is 39.3 Å². The van der Waals surface area contributed by atoms with Gasteiger partial charge in [0.25, 0.3) is 0 Å². The number of rotatable bonds is 5. The monoisotopic (exact) mass is 492 g/mol. The van der Waals surface area contributed by atoms with Crippen molar-refractivity contribution in [3.05, 3.63) is 113 Å². The Balaban J connectivity index is 1.53. The molecule has 1 aliphatic heterocycles. The first kappa shape index (κ1) is 24.6. The molecular formula is C32H32N2O3. The predicted molar refractivity (Wildman–Crippen MR) is 147 cm³/mol. The number of nitrogens with one attached hydrogen (secondary N) is 1. The van der Waals surface area contributed by atoms with E-state index >= 15 is 0 Å². The molecule has 5 heteroatoms. The summed E-state index contributed by atoms with van der Waals surface area (Å²) in [5.74, 6) is -0.717. The zero-order valence-corrected chi connectivity index (χ0v) is 21.7. The van der Waals surface area contributed by atoms with Crippen LogP contribution in [0.4, 0.5) is 5.69 Å². The summed E-state index contributed by atoms with van der Waals surface area (Å²) in [5.41, 5.74) is 8.21. The minimum Gasteiger partial charge on any atom is -0.466 e. The second-order valence-electron chi connectivity index (χ2n) is 9.98. The van der Waals surface area contributed by atoms with Crippen molar-refractivity contribution in [2.24, 2.45) is 0 Å². The van der Waals surface area contributed by atoms with Gasteiger partial charge in [0, 0.05) is 49.1 Å². The fourth-order valence-electron chi connectivity index (χ4n) is 5.53. The first-order chi connectivity index (χ1) is 17.9. The normalized spacial score (nSPS) is 19.3. The topological polar surface area (TPSA) is 58.6 Å². The van der Waals surface area contributed by atoms with Crippen LogP contribution in [0.25, 0.3) is 11.1 Å². The van der Waals surface area contributed by atoms with Crippen LogP contribution >= 0.6 is 0 Å². The lowest BCUT2D eigenvalue weighted by molar-refractivity contribution is -0.136. The summed E-state index contributed by atoms with van der Waals surface area (Å²) >= 11 is 0. The van der Waals surface area contributed by atoms with Crippen molar-refractivity contribution in [2.45, 2.75) is 31.6 Å². The van der Waals surface area contributed by atoms with E-state index in [1.807, 2.05) is 51.4 Å². The number of allylic oxidation sites excluding steroid dienone is 3. The Morgan fingerprint density at radius 2 is 1.49 bits per heavy atom. The van der Waals surface area contributed by atoms with E-state index in [4.69, 9.17) is 4.74 Å². The second-order valence-corrected chi connectivity index (χ2v) is 9.98. The number of methoxy groups -OCH3 is 1. The Kier molecular flexibility index (Phi) is 6.70. The van der Waals surface area contributed by atoms with Crippen LogP contribution in [0.2, 0.25) is 0 Å². The highest BCUT2D eigenvalue weighted by molar-refractivity contribution is 6.04. The second kappa shape index (κ2) is 10.1. The third-order valence-corrected chi connectivity index (χ3v) is 7.46. The van der Waals surface area contributed by atoms with Gasteiger partial charge in [-0.1, -0.05) is 66.7 Å². The molecule has 2 atom stereocenters. The van der Waals surface area contributed by atoms with Crippen LogP contribution < -0.4 is 10.2 Å². The molecule has 0 fully saturated rings. The predicted octanol–water partition coefficient (Wildman–Crippen LogP) is 5.95. The van der Waals surface area contributed by atoms with Gasteiger partial charge in [0.1, 0.15) is 0 Å². The summed E-state index contributed by atoms with van der Waals surface area (Å²) in [4.78, 5) is 28.8. The third kappa shape index (κ3) is 4.69. The summed E-state index contributed by atoms with van der Waals surface area (Å²) in [6.45, 7) is 1.89. The maximum Gasteiger partial charge on any atom is 0.336 e. The van der Waals surface area contributed by atoms with Gasteiger partial charge < -0.3 is 15.0 Å². The van der Waals surface area contributed by atoms with Gasteiger partial charge >= 0.3 is 5.97 Å². The Bertz CT molecular complexity index is 1380. The van der Waals surface area contributed by atoms with Crippen molar-refractivity contribution in [3.63, 3.8) is 0 Å².